The quantitative estimate of drug-likeness (QED) is 0.277. The average molecular weight is 529 g/mol. The van der Waals surface area contributed by atoms with Crippen molar-refractivity contribution in [3.05, 3.63) is 66.2 Å². The molecular weight excluding hydrogens is 514 g/mol. The molecule has 9 heteroatoms. The van der Waals surface area contributed by atoms with Crippen molar-refractivity contribution in [1.82, 2.24) is 15.0 Å². The number of nitrogens with zero attached hydrogens (tertiary/aromatic N) is 3. The Morgan fingerprint density at radius 3 is 2.24 bits per heavy atom. The lowest BCUT2D eigenvalue weighted by atomic mass is 10.2. The van der Waals surface area contributed by atoms with Gasteiger partial charge in [-0.25, -0.2) is 15.0 Å². The van der Waals surface area contributed by atoms with Gasteiger partial charge in [-0.1, -0.05) is 13.8 Å². The second-order valence-electron chi connectivity index (χ2n) is 5.07. The first-order chi connectivity index (χ1) is 14.0. The van der Waals surface area contributed by atoms with E-state index in [2.05, 4.69) is 47.3 Å². The molecule has 0 spiro atoms. The molecule has 0 saturated heterocycles. The number of benzene rings is 1. The van der Waals surface area contributed by atoms with Crippen LogP contribution in [0.5, 0.6) is 11.6 Å². The van der Waals surface area contributed by atoms with Gasteiger partial charge in [-0.2, -0.15) is 13.2 Å². The van der Waals surface area contributed by atoms with E-state index in [0.29, 0.717) is 17.0 Å². The third-order valence-electron chi connectivity index (χ3n) is 3.32. The molecule has 0 bridgehead atoms. The lowest BCUT2D eigenvalue weighted by Gasteiger charge is -2.10. The van der Waals surface area contributed by atoms with Crippen LogP contribution < -0.4 is 4.74 Å². The van der Waals surface area contributed by atoms with E-state index in [1.165, 1.54) is 33.5 Å². The SMILES string of the molecule is CC.FC(F)(F)c1ccc(Oc2nccnc2-c2ccc(C#CSI)nc2)cc1. The maximum atomic E-state index is 12.7. The molecule has 0 N–H and O–H groups in total. The van der Waals surface area contributed by atoms with Gasteiger partial charge in [0.1, 0.15) is 17.1 Å². The van der Waals surface area contributed by atoms with Crippen molar-refractivity contribution in [2.45, 2.75) is 20.0 Å². The number of hydrogen-bond acceptors (Lipinski definition) is 5. The Morgan fingerprint density at radius 2 is 1.66 bits per heavy atom. The predicted molar refractivity (Wildman–Crippen MR) is 117 cm³/mol. The van der Waals surface area contributed by atoms with Crippen molar-refractivity contribution in [2.24, 2.45) is 0 Å². The molecule has 29 heavy (non-hydrogen) atoms. The smallest absolute Gasteiger partial charge is 0.416 e. The number of hydrogen-bond donors (Lipinski definition) is 0. The topological polar surface area (TPSA) is 47.9 Å². The highest BCUT2D eigenvalue weighted by atomic mass is 127. The highest BCUT2D eigenvalue weighted by molar-refractivity contribution is 14.2. The number of pyridine rings is 1. The fraction of sp³-hybridized carbons (Fsp3) is 0.150. The molecule has 0 radical (unpaired) electrons. The molecule has 0 unspecified atom stereocenters. The summed E-state index contributed by atoms with van der Waals surface area (Å²) in [7, 11) is 1.36. The van der Waals surface area contributed by atoms with Crippen molar-refractivity contribution in [1.29, 1.82) is 0 Å². The van der Waals surface area contributed by atoms with E-state index in [9.17, 15) is 13.2 Å². The van der Waals surface area contributed by atoms with Crippen LogP contribution in [-0.4, -0.2) is 15.0 Å². The van der Waals surface area contributed by atoms with Crippen LogP contribution in [-0.2, 0) is 6.18 Å². The Hall–Kier alpha value is -2.32. The van der Waals surface area contributed by atoms with E-state index >= 15 is 0 Å². The molecule has 3 aromatic rings. The van der Waals surface area contributed by atoms with Crippen molar-refractivity contribution >= 4 is 30.1 Å². The number of ether oxygens (including phenoxy) is 1. The molecule has 150 valence electrons. The summed E-state index contributed by atoms with van der Waals surface area (Å²) in [5, 5.41) is 2.84. The maximum Gasteiger partial charge on any atom is 0.416 e. The molecule has 0 aliphatic carbocycles. The highest BCUT2D eigenvalue weighted by Gasteiger charge is 2.30. The van der Waals surface area contributed by atoms with Crippen molar-refractivity contribution in [2.75, 3.05) is 0 Å². The minimum absolute atomic E-state index is 0.167. The van der Waals surface area contributed by atoms with Crippen LogP contribution in [0, 0.1) is 11.2 Å². The summed E-state index contributed by atoms with van der Waals surface area (Å²) in [4.78, 5) is 12.6. The van der Waals surface area contributed by atoms with Gasteiger partial charge in [0, 0.05) is 45.4 Å². The van der Waals surface area contributed by atoms with E-state index < -0.39 is 11.7 Å². The standard InChI is InChI=1S/C18H9F3IN3OS.C2H6/c19-18(20,21)13-2-5-15(6-3-13)26-17-16(23-8-9-24-17)12-1-4-14(25-11-12)7-10-27-22;1-2/h1-6,8-9,11H;1-2H3. The Labute approximate surface area is 182 Å². The molecular formula is C20H15F3IN3OS. The largest absolute Gasteiger partial charge is 0.437 e. The van der Waals surface area contributed by atoms with Gasteiger partial charge in [0.05, 0.1) is 5.56 Å². The van der Waals surface area contributed by atoms with Crippen molar-refractivity contribution < 1.29 is 17.9 Å². The lowest BCUT2D eigenvalue weighted by molar-refractivity contribution is -0.137. The van der Waals surface area contributed by atoms with Crippen molar-refractivity contribution in [3.63, 3.8) is 0 Å². The Bertz CT molecular complexity index is 985. The van der Waals surface area contributed by atoms with Crippen LogP contribution in [0.2, 0.25) is 0 Å². The van der Waals surface area contributed by atoms with Crippen LogP contribution in [0.25, 0.3) is 11.3 Å². The summed E-state index contributed by atoms with van der Waals surface area (Å²) in [6.07, 6.45) is 0.122. The zero-order valence-corrected chi connectivity index (χ0v) is 18.3. The second-order valence-corrected chi connectivity index (χ2v) is 6.75. The van der Waals surface area contributed by atoms with Gasteiger partial charge in [-0.05, 0) is 56.5 Å². The van der Waals surface area contributed by atoms with Gasteiger partial charge in [-0.3, -0.25) is 0 Å². The molecule has 0 saturated carbocycles. The Morgan fingerprint density at radius 1 is 0.966 bits per heavy atom. The molecule has 0 amide bonds. The summed E-state index contributed by atoms with van der Waals surface area (Å²) in [6.45, 7) is 4.00. The first-order valence-electron chi connectivity index (χ1n) is 8.38. The van der Waals surface area contributed by atoms with E-state index in [1.54, 1.807) is 18.3 Å². The summed E-state index contributed by atoms with van der Waals surface area (Å²) < 4.78 is 43.6. The van der Waals surface area contributed by atoms with E-state index in [4.69, 9.17) is 4.74 Å². The minimum atomic E-state index is -4.40. The van der Waals surface area contributed by atoms with Crippen molar-refractivity contribution in [3.8, 4) is 34.1 Å². The van der Waals surface area contributed by atoms with Gasteiger partial charge in [0.15, 0.2) is 0 Å². The van der Waals surface area contributed by atoms with Gasteiger partial charge < -0.3 is 4.74 Å². The third-order valence-corrected chi connectivity index (χ3v) is 4.16. The Kier molecular flexibility index (Phi) is 8.72. The normalized spacial score (nSPS) is 10.3. The molecule has 1 aromatic carbocycles. The molecule has 3 rings (SSSR count). The Balaban J connectivity index is 0.00000145. The molecule has 4 nitrogen and oxygen atoms in total. The van der Waals surface area contributed by atoms with Crippen LogP contribution in [0.4, 0.5) is 13.2 Å². The highest BCUT2D eigenvalue weighted by Crippen LogP contribution is 2.33. The van der Waals surface area contributed by atoms with E-state index in [-0.39, 0.29) is 11.6 Å². The first-order valence-corrected chi connectivity index (χ1v) is 11.7. The van der Waals surface area contributed by atoms with Crippen LogP contribution in [0.3, 0.4) is 0 Å². The summed E-state index contributed by atoms with van der Waals surface area (Å²) >= 11 is 2.07. The monoisotopic (exact) mass is 529 g/mol. The summed E-state index contributed by atoms with van der Waals surface area (Å²) in [5.74, 6) is 3.27. The number of aromatic nitrogens is 3. The van der Waals surface area contributed by atoms with Gasteiger partial charge in [0.25, 0.3) is 0 Å². The maximum absolute atomic E-state index is 12.7. The molecule has 2 heterocycles. The third kappa shape index (κ3) is 6.61. The van der Waals surface area contributed by atoms with Gasteiger partial charge in [0.2, 0.25) is 5.88 Å². The number of rotatable bonds is 3. The van der Waals surface area contributed by atoms with Gasteiger partial charge in [-0.15, -0.1) is 0 Å². The van der Waals surface area contributed by atoms with Crippen LogP contribution in [0.1, 0.15) is 25.1 Å². The van der Waals surface area contributed by atoms with E-state index in [1.807, 2.05) is 13.8 Å². The molecule has 0 aliphatic rings. The first kappa shape index (κ1) is 23.0. The second kappa shape index (κ2) is 11.0. The average Bonchev–Trinajstić information content (AvgIpc) is 2.74. The molecule has 0 atom stereocenters. The number of alkyl halides is 3. The lowest BCUT2D eigenvalue weighted by Crippen LogP contribution is -2.04. The summed E-state index contributed by atoms with van der Waals surface area (Å²) in [6, 6.07) is 7.89. The fourth-order valence-electron chi connectivity index (χ4n) is 2.10. The van der Waals surface area contributed by atoms with Crippen LogP contribution >= 0.6 is 30.1 Å². The molecule has 0 fully saturated rings. The zero-order valence-electron chi connectivity index (χ0n) is 15.4. The number of halogens is 4. The zero-order chi connectivity index (χ0) is 21.3. The van der Waals surface area contributed by atoms with Crippen LogP contribution in [0.15, 0.2) is 55.0 Å². The predicted octanol–water partition coefficient (Wildman–Crippen LogP) is 6.77. The van der Waals surface area contributed by atoms with E-state index in [0.717, 1.165) is 12.1 Å². The summed E-state index contributed by atoms with van der Waals surface area (Å²) in [5.41, 5.74) is 0.933. The minimum Gasteiger partial charge on any atom is -0.437 e. The van der Waals surface area contributed by atoms with Gasteiger partial charge >= 0.3 is 6.18 Å². The fourth-order valence-corrected chi connectivity index (χ4v) is 2.57. The molecule has 2 aromatic heterocycles. The molecule has 0 aliphatic heterocycles.